The maximum atomic E-state index is 13.5. The smallest absolute Gasteiger partial charge is 0.196 e. The highest BCUT2D eigenvalue weighted by Crippen LogP contribution is 2.22. The molecule has 0 atom stereocenters. The van der Waals surface area contributed by atoms with E-state index in [4.69, 9.17) is 23.2 Å². The predicted molar refractivity (Wildman–Crippen MR) is 66.3 cm³/mol. The van der Waals surface area contributed by atoms with Crippen molar-refractivity contribution < 1.29 is 13.6 Å². The third-order valence-corrected chi connectivity index (χ3v) is 2.76. The molecule has 0 saturated heterocycles. The lowest BCUT2D eigenvalue weighted by atomic mass is 10.0. The van der Waals surface area contributed by atoms with E-state index in [0.29, 0.717) is 0 Å². The molecule has 5 heteroatoms. The van der Waals surface area contributed by atoms with Crippen LogP contribution in [0, 0.1) is 11.6 Å². The second-order valence-corrected chi connectivity index (χ2v) is 4.46. The molecule has 1 nitrogen and oxygen atoms in total. The van der Waals surface area contributed by atoms with Crippen LogP contribution < -0.4 is 0 Å². The summed E-state index contributed by atoms with van der Waals surface area (Å²) in [7, 11) is 0. The Balaban J connectivity index is 2.51. The van der Waals surface area contributed by atoms with Crippen molar-refractivity contribution >= 4 is 29.0 Å². The largest absolute Gasteiger partial charge is 0.288 e. The molecule has 0 saturated carbocycles. The topological polar surface area (TPSA) is 17.1 Å². The van der Waals surface area contributed by atoms with Crippen LogP contribution in [0.15, 0.2) is 36.4 Å². The standard InChI is InChI=1S/C13H6Cl2F2O/c14-8-4-7(5-9(15)6-8)13(18)10-2-1-3-11(16)12(10)17/h1-6H. The van der Waals surface area contributed by atoms with Gasteiger partial charge in [-0.2, -0.15) is 0 Å². The summed E-state index contributed by atoms with van der Waals surface area (Å²) in [5.74, 6) is -2.93. The molecular formula is C13H6Cl2F2O. The zero-order valence-corrected chi connectivity index (χ0v) is 10.4. The molecule has 0 aliphatic heterocycles. The van der Waals surface area contributed by atoms with Gasteiger partial charge < -0.3 is 0 Å². The van der Waals surface area contributed by atoms with Crippen LogP contribution in [0.1, 0.15) is 15.9 Å². The van der Waals surface area contributed by atoms with Gasteiger partial charge in [-0.25, -0.2) is 8.78 Å². The van der Waals surface area contributed by atoms with Gasteiger partial charge in [0.2, 0.25) is 0 Å². The van der Waals surface area contributed by atoms with E-state index in [2.05, 4.69) is 0 Å². The van der Waals surface area contributed by atoms with Crippen LogP contribution in [0.5, 0.6) is 0 Å². The molecule has 92 valence electrons. The van der Waals surface area contributed by atoms with Crippen molar-refractivity contribution in [2.45, 2.75) is 0 Å². The summed E-state index contributed by atoms with van der Waals surface area (Å²) in [4.78, 5) is 12.0. The van der Waals surface area contributed by atoms with Crippen molar-refractivity contribution in [1.29, 1.82) is 0 Å². The van der Waals surface area contributed by atoms with Crippen LogP contribution in [0.2, 0.25) is 10.0 Å². The molecule has 2 rings (SSSR count). The fourth-order valence-corrected chi connectivity index (χ4v) is 2.05. The van der Waals surface area contributed by atoms with E-state index in [9.17, 15) is 13.6 Å². The van der Waals surface area contributed by atoms with E-state index in [1.54, 1.807) is 0 Å². The molecule has 0 heterocycles. The van der Waals surface area contributed by atoms with E-state index in [1.165, 1.54) is 30.3 Å². The van der Waals surface area contributed by atoms with E-state index in [-0.39, 0.29) is 21.2 Å². The van der Waals surface area contributed by atoms with Crippen LogP contribution in [-0.2, 0) is 0 Å². The molecule has 2 aromatic rings. The first-order valence-corrected chi connectivity index (χ1v) is 5.69. The minimum absolute atomic E-state index is 0.108. The molecule has 0 N–H and O–H groups in total. The third-order valence-electron chi connectivity index (χ3n) is 2.32. The van der Waals surface area contributed by atoms with Gasteiger partial charge in [0.15, 0.2) is 17.4 Å². The number of rotatable bonds is 2. The van der Waals surface area contributed by atoms with Gasteiger partial charge in [-0.05, 0) is 30.3 Å². The average Bonchev–Trinajstić information content (AvgIpc) is 2.30. The molecule has 0 aliphatic carbocycles. The summed E-state index contributed by atoms with van der Waals surface area (Å²) in [5.41, 5.74) is -0.245. The van der Waals surface area contributed by atoms with Crippen molar-refractivity contribution in [3.05, 3.63) is 69.2 Å². The molecule has 0 spiro atoms. The van der Waals surface area contributed by atoms with Crippen molar-refractivity contribution in [3.63, 3.8) is 0 Å². The molecule has 0 bridgehead atoms. The van der Waals surface area contributed by atoms with E-state index in [1.807, 2.05) is 0 Å². The highest BCUT2D eigenvalue weighted by Gasteiger charge is 2.17. The highest BCUT2D eigenvalue weighted by atomic mass is 35.5. The molecule has 0 aromatic heterocycles. The van der Waals surface area contributed by atoms with Gasteiger partial charge in [0.25, 0.3) is 0 Å². The summed E-state index contributed by atoms with van der Waals surface area (Å²) >= 11 is 11.5. The summed E-state index contributed by atoms with van der Waals surface area (Å²) in [6, 6.07) is 7.55. The number of ketones is 1. The second kappa shape index (κ2) is 5.04. The molecular weight excluding hydrogens is 281 g/mol. The van der Waals surface area contributed by atoms with Gasteiger partial charge in [-0.3, -0.25) is 4.79 Å². The number of carbonyl (C=O) groups is 1. The van der Waals surface area contributed by atoms with Crippen molar-refractivity contribution in [3.8, 4) is 0 Å². The monoisotopic (exact) mass is 286 g/mol. The van der Waals surface area contributed by atoms with Crippen LogP contribution in [0.25, 0.3) is 0 Å². The summed E-state index contributed by atoms with van der Waals surface area (Å²) < 4.78 is 26.5. The third kappa shape index (κ3) is 2.52. The molecule has 0 fully saturated rings. The Morgan fingerprint density at radius 2 is 1.61 bits per heavy atom. The van der Waals surface area contributed by atoms with Crippen molar-refractivity contribution in [1.82, 2.24) is 0 Å². The molecule has 2 aromatic carbocycles. The number of hydrogen-bond acceptors (Lipinski definition) is 1. The van der Waals surface area contributed by atoms with Crippen LogP contribution in [0.4, 0.5) is 8.78 Å². The minimum atomic E-state index is -1.18. The van der Waals surface area contributed by atoms with Crippen molar-refractivity contribution in [2.24, 2.45) is 0 Å². The Morgan fingerprint density at radius 1 is 1.00 bits per heavy atom. The Hall–Kier alpha value is -1.45. The van der Waals surface area contributed by atoms with Gasteiger partial charge in [0, 0.05) is 15.6 Å². The van der Waals surface area contributed by atoms with E-state index >= 15 is 0 Å². The van der Waals surface area contributed by atoms with Gasteiger partial charge in [-0.15, -0.1) is 0 Å². The first-order chi connectivity index (χ1) is 8.49. The number of halogens is 4. The number of carbonyl (C=O) groups excluding carboxylic acids is 1. The van der Waals surface area contributed by atoms with Crippen LogP contribution in [0.3, 0.4) is 0 Å². The quantitative estimate of drug-likeness (QED) is 0.743. The lowest BCUT2D eigenvalue weighted by Gasteiger charge is -2.04. The maximum Gasteiger partial charge on any atom is 0.196 e. The summed E-state index contributed by atoms with van der Waals surface area (Å²) in [5, 5.41) is 0.505. The summed E-state index contributed by atoms with van der Waals surface area (Å²) in [6.45, 7) is 0. The Labute approximate surface area is 112 Å². The summed E-state index contributed by atoms with van der Waals surface area (Å²) in [6.07, 6.45) is 0. The zero-order valence-electron chi connectivity index (χ0n) is 8.88. The Bertz CT molecular complexity index is 606. The van der Waals surface area contributed by atoms with Gasteiger partial charge in [-0.1, -0.05) is 29.3 Å². The molecule has 0 radical (unpaired) electrons. The lowest BCUT2D eigenvalue weighted by Crippen LogP contribution is -2.05. The van der Waals surface area contributed by atoms with E-state index < -0.39 is 17.4 Å². The van der Waals surface area contributed by atoms with Crippen molar-refractivity contribution in [2.75, 3.05) is 0 Å². The highest BCUT2D eigenvalue weighted by molar-refractivity contribution is 6.35. The normalized spacial score (nSPS) is 10.4. The fourth-order valence-electron chi connectivity index (χ4n) is 1.52. The number of benzene rings is 2. The van der Waals surface area contributed by atoms with Gasteiger partial charge >= 0.3 is 0 Å². The minimum Gasteiger partial charge on any atom is -0.288 e. The zero-order chi connectivity index (χ0) is 13.3. The van der Waals surface area contributed by atoms with Crippen LogP contribution in [-0.4, -0.2) is 5.78 Å². The average molecular weight is 287 g/mol. The predicted octanol–water partition coefficient (Wildman–Crippen LogP) is 4.50. The first-order valence-electron chi connectivity index (χ1n) is 4.94. The SMILES string of the molecule is O=C(c1cc(Cl)cc(Cl)c1)c1cccc(F)c1F. The molecule has 18 heavy (non-hydrogen) atoms. The van der Waals surface area contributed by atoms with Gasteiger partial charge in [0.1, 0.15) is 0 Å². The fraction of sp³-hybridized carbons (Fsp3) is 0. The maximum absolute atomic E-state index is 13.5. The van der Waals surface area contributed by atoms with Crippen LogP contribution >= 0.6 is 23.2 Å². The molecule has 0 aliphatic rings. The molecule has 0 unspecified atom stereocenters. The number of hydrogen-bond donors (Lipinski definition) is 0. The Morgan fingerprint density at radius 3 is 2.22 bits per heavy atom. The Kier molecular flexibility index (Phi) is 3.64. The lowest BCUT2D eigenvalue weighted by molar-refractivity contribution is 0.103. The first kappa shape index (κ1) is 13.0. The van der Waals surface area contributed by atoms with Gasteiger partial charge in [0.05, 0.1) is 5.56 Å². The second-order valence-electron chi connectivity index (χ2n) is 3.59. The van der Waals surface area contributed by atoms with E-state index in [0.717, 1.165) is 6.07 Å². The molecule has 0 amide bonds.